The molecule has 27 heavy (non-hydrogen) atoms. The molecule has 8 heteroatoms. The maximum Gasteiger partial charge on any atom is 0.191 e. The topological polar surface area (TPSA) is 90.8 Å². The number of phenols is 1. The standard InChI is InChI=1S/C19H24FN3O3S/c1-3-21-19(22-11-14-5-4-6-18(24)9-14)23-12-16-10-17(20)8-7-15(16)13-27(2,25)26/h4-10,24H,3,11-13H2,1-2H3,(H2,21,22,23). The maximum absolute atomic E-state index is 13.6. The summed E-state index contributed by atoms with van der Waals surface area (Å²) in [6, 6.07) is 10.9. The van der Waals surface area contributed by atoms with E-state index < -0.39 is 15.7 Å². The zero-order chi connectivity index (χ0) is 19.9. The number of phenolic OH excluding ortho intramolecular Hbond substituents is 1. The molecule has 0 radical (unpaired) electrons. The molecular weight excluding hydrogens is 369 g/mol. The number of benzene rings is 2. The molecule has 0 saturated heterocycles. The second-order valence-corrected chi connectivity index (χ2v) is 8.34. The first-order chi connectivity index (χ1) is 12.8. The van der Waals surface area contributed by atoms with E-state index in [4.69, 9.17) is 0 Å². The monoisotopic (exact) mass is 393 g/mol. The summed E-state index contributed by atoms with van der Waals surface area (Å²) >= 11 is 0. The lowest BCUT2D eigenvalue weighted by molar-refractivity contribution is 0.474. The predicted octanol–water partition coefficient (Wildman–Crippen LogP) is 2.33. The molecule has 0 aliphatic heterocycles. The minimum Gasteiger partial charge on any atom is -0.508 e. The highest BCUT2D eigenvalue weighted by Gasteiger charge is 2.11. The van der Waals surface area contributed by atoms with Gasteiger partial charge in [0.25, 0.3) is 0 Å². The van der Waals surface area contributed by atoms with Gasteiger partial charge in [0.15, 0.2) is 15.8 Å². The van der Waals surface area contributed by atoms with E-state index in [0.717, 1.165) is 11.8 Å². The summed E-state index contributed by atoms with van der Waals surface area (Å²) in [5.41, 5.74) is 1.95. The first kappa shape index (κ1) is 20.7. The van der Waals surface area contributed by atoms with Gasteiger partial charge in [0, 0.05) is 19.3 Å². The van der Waals surface area contributed by atoms with Gasteiger partial charge in [-0.3, -0.25) is 0 Å². The molecule has 0 saturated carbocycles. The lowest BCUT2D eigenvalue weighted by atomic mass is 10.1. The number of hydrogen-bond acceptors (Lipinski definition) is 4. The third-order valence-corrected chi connectivity index (χ3v) is 4.54. The molecule has 146 valence electrons. The van der Waals surface area contributed by atoms with Crippen LogP contribution in [-0.2, 0) is 28.7 Å². The maximum atomic E-state index is 13.6. The van der Waals surface area contributed by atoms with Gasteiger partial charge in [-0.25, -0.2) is 17.8 Å². The van der Waals surface area contributed by atoms with Gasteiger partial charge in [0.1, 0.15) is 11.6 Å². The van der Waals surface area contributed by atoms with Gasteiger partial charge in [-0.05, 0) is 47.9 Å². The number of sulfone groups is 1. The molecule has 0 aromatic heterocycles. The van der Waals surface area contributed by atoms with Gasteiger partial charge < -0.3 is 15.7 Å². The summed E-state index contributed by atoms with van der Waals surface area (Å²) in [6.45, 7) is 3.13. The Hall–Kier alpha value is -2.61. The fraction of sp³-hybridized carbons (Fsp3) is 0.316. The molecule has 0 spiro atoms. The normalized spacial score (nSPS) is 12.0. The molecule has 0 aliphatic carbocycles. The van der Waals surface area contributed by atoms with Crippen LogP contribution in [0.4, 0.5) is 4.39 Å². The number of aromatic hydroxyl groups is 1. The van der Waals surface area contributed by atoms with E-state index in [1.165, 1.54) is 18.2 Å². The summed E-state index contributed by atoms with van der Waals surface area (Å²) in [5.74, 6) is 0.105. The van der Waals surface area contributed by atoms with Crippen LogP contribution in [0, 0.1) is 5.82 Å². The van der Waals surface area contributed by atoms with Crippen LogP contribution in [-0.4, -0.2) is 32.3 Å². The van der Waals surface area contributed by atoms with Crippen LogP contribution in [0.1, 0.15) is 23.6 Å². The highest BCUT2D eigenvalue weighted by Crippen LogP contribution is 2.15. The fourth-order valence-corrected chi connectivity index (χ4v) is 3.37. The molecule has 0 fully saturated rings. The van der Waals surface area contributed by atoms with Gasteiger partial charge in [-0.15, -0.1) is 0 Å². The third-order valence-electron chi connectivity index (χ3n) is 3.71. The summed E-state index contributed by atoms with van der Waals surface area (Å²) < 4.78 is 36.8. The van der Waals surface area contributed by atoms with E-state index in [0.29, 0.717) is 30.2 Å². The number of hydrogen-bond donors (Lipinski definition) is 3. The van der Waals surface area contributed by atoms with E-state index in [2.05, 4.69) is 15.6 Å². The van der Waals surface area contributed by atoms with Crippen molar-refractivity contribution in [2.24, 2.45) is 4.99 Å². The third kappa shape index (κ3) is 7.26. The van der Waals surface area contributed by atoms with Crippen LogP contribution in [0.25, 0.3) is 0 Å². The van der Waals surface area contributed by atoms with Crippen LogP contribution in [0.5, 0.6) is 5.75 Å². The van der Waals surface area contributed by atoms with Crippen LogP contribution in [0.3, 0.4) is 0 Å². The van der Waals surface area contributed by atoms with E-state index in [1.807, 2.05) is 13.0 Å². The molecule has 0 amide bonds. The van der Waals surface area contributed by atoms with Crippen molar-refractivity contribution in [1.29, 1.82) is 0 Å². The van der Waals surface area contributed by atoms with Crippen molar-refractivity contribution in [2.45, 2.75) is 25.8 Å². The summed E-state index contributed by atoms with van der Waals surface area (Å²) in [5, 5.41) is 15.7. The number of rotatable bonds is 7. The Balaban J connectivity index is 2.13. The summed E-state index contributed by atoms with van der Waals surface area (Å²) in [7, 11) is -3.23. The second-order valence-electron chi connectivity index (χ2n) is 6.20. The van der Waals surface area contributed by atoms with Gasteiger partial charge in [-0.2, -0.15) is 0 Å². The highest BCUT2D eigenvalue weighted by atomic mass is 32.2. The zero-order valence-electron chi connectivity index (χ0n) is 15.4. The minimum absolute atomic E-state index is 0.152. The Bertz CT molecular complexity index is 914. The SMILES string of the molecule is CCNC(=NCc1cccc(O)c1)NCc1cc(F)ccc1CS(C)(=O)=O. The van der Waals surface area contributed by atoms with Crippen molar-refractivity contribution in [3.05, 3.63) is 65.0 Å². The van der Waals surface area contributed by atoms with Gasteiger partial charge in [0.05, 0.1) is 12.3 Å². The Morgan fingerprint density at radius 3 is 2.59 bits per heavy atom. The molecule has 6 nitrogen and oxygen atoms in total. The van der Waals surface area contributed by atoms with Crippen molar-refractivity contribution in [2.75, 3.05) is 12.8 Å². The molecule has 2 aromatic carbocycles. The minimum atomic E-state index is -3.23. The van der Waals surface area contributed by atoms with E-state index >= 15 is 0 Å². The Morgan fingerprint density at radius 2 is 1.93 bits per heavy atom. The first-order valence-electron chi connectivity index (χ1n) is 8.52. The second kappa shape index (κ2) is 9.36. The van der Waals surface area contributed by atoms with Gasteiger partial charge in [-0.1, -0.05) is 18.2 Å². The van der Waals surface area contributed by atoms with Crippen molar-refractivity contribution in [3.63, 3.8) is 0 Å². The summed E-state index contributed by atoms with van der Waals surface area (Å²) in [6.07, 6.45) is 1.15. The van der Waals surface area contributed by atoms with Crippen LogP contribution in [0.15, 0.2) is 47.5 Å². The predicted molar refractivity (Wildman–Crippen MR) is 105 cm³/mol. The molecule has 3 N–H and O–H groups in total. The Morgan fingerprint density at radius 1 is 1.15 bits per heavy atom. The Kier molecular flexibility index (Phi) is 7.18. The van der Waals surface area contributed by atoms with Crippen LogP contribution >= 0.6 is 0 Å². The van der Waals surface area contributed by atoms with Gasteiger partial charge >= 0.3 is 0 Å². The number of nitrogens with one attached hydrogen (secondary N) is 2. The Labute approximate surface area is 159 Å². The molecule has 0 unspecified atom stereocenters. The number of nitrogens with zero attached hydrogens (tertiary/aromatic N) is 1. The lowest BCUT2D eigenvalue weighted by Crippen LogP contribution is -2.37. The fourth-order valence-electron chi connectivity index (χ4n) is 2.53. The highest BCUT2D eigenvalue weighted by molar-refractivity contribution is 7.89. The van der Waals surface area contributed by atoms with Crippen molar-refractivity contribution >= 4 is 15.8 Å². The van der Waals surface area contributed by atoms with E-state index in [1.54, 1.807) is 18.2 Å². The first-order valence-corrected chi connectivity index (χ1v) is 10.6. The number of halogens is 1. The summed E-state index contributed by atoms with van der Waals surface area (Å²) in [4.78, 5) is 4.44. The molecular formula is C19H24FN3O3S. The van der Waals surface area contributed by atoms with Crippen molar-refractivity contribution in [1.82, 2.24) is 10.6 Å². The average Bonchev–Trinajstić information content (AvgIpc) is 2.58. The molecule has 0 aliphatic rings. The zero-order valence-corrected chi connectivity index (χ0v) is 16.2. The van der Waals surface area contributed by atoms with E-state index in [9.17, 15) is 17.9 Å². The van der Waals surface area contributed by atoms with Crippen LogP contribution in [0.2, 0.25) is 0 Å². The number of aliphatic imine (C=N–C) groups is 1. The molecule has 0 bridgehead atoms. The van der Waals surface area contributed by atoms with E-state index in [-0.39, 0.29) is 18.0 Å². The smallest absolute Gasteiger partial charge is 0.191 e. The van der Waals surface area contributed by atoms with Crippen molar-refractivity contribution < 1.29 is 17.9 Å². The van der Waals surface area contributed by atoms with Crippen molar-refractivity contribution in [3.8, 4) is 5.75 Å². The molecule has 0 atom stereocenters. The largest absolute Gasteiger partial charge is 0.508 e. The van der Waals surface area contributed by atoms with Crippen LogP contribution < -0.4 is 10.6 Å². The van der Waals surface area contributed by atoms with Gasteiger partial charge in [0.2, 0.25) is 0 Å². The molecule has 2 rings (SSSR count). The lowest BCUT2D eigenvalue weighted by Gasteiger charge is -2.14. The molecule has 2 aromatic rings. The number of guanidine groups is 1. The molecule has 0 heterocycles. The quantitative estimate of drug-likeness (QED) is 0.496. The average molecular weight is 393 g/mol.